The largest absolute Gasteiger partial charge is 0.393 e. The molecule has 17 heavy (non-hydrogen) atoms. The smallest absolute Gasteiger partial charge is 0.0571 e. The molecule has 0 aliphatic heterocycles. The van der Waals surface area contributed by atoms with Gasteiger partial charge in [-0.05, 0) is 41.5 Å². The number of hydrogen-bond acceptors (Lipinski definition) is 1. The van der Waals surface area contributed by atoms with E-state index in [9.17, 15) is 5.11 Å². The summed E-state index contributed by atoms with van der Waals surface area (Å²) in [5.41, 5.74) is 1.38. The van der Waals surface area contributed by atoms with Gasteiger partial charge in [-0.2, -0.15) is 0 Å². The van der Waals surface area contributed by atoms with Gasteiger partial charge in [-0.1, -0.05) is 48.9 Å². The predicted octanol–water partition coefficient (Wildman–Crippen LogP) is 3.54. The van der Waals surface area contributed by atoms with Gasteiger partial charge in [-0.3, -0.25) is 0 Å². The fourth-order valence-corrected chi connectivity index (χ4v) is 3.01. The molecule has 1 N–H and O–H groups in total. The lowest BCUT2D eigenvalue weighted by Gasteiger charge is -2.15. The second-order valence-electron chi connectivity index (χ2n) is 5.10. The Bertz CT molecular complexity index is 512. The zero-order valence-corrected chi connectivity index (χ0v) is 9.97. The molecule has 1 heteroatoms. The number of fused-ring (bicyclic) bond motifs is 1. The molecule has 0 radical (unpaired) electrons. The normalized spacial score (nSPS) is 24.3. The molecule has 0 aromatic heterocycles. The van der Waals surface area contributed by atoms with Gasteiger partial charge in [0.15, 0.2) is 0 Å². The first-order chi connectivity index (χ1) is 8.34. The van der Waals surface area contributed by atoms with Gasteiger partial charge in [-0.15, -0.1) is 0 Å². The van der Waals surface area contributed by atoms with E-state index >= 15 is 0 Å². The summed E-state index contributed by atoms with van der Waals surface area (Å²) >= 11 is 0. The molecule has 0 saturated heterocycles. The van der Waals surface area contributed by atoms with Crippen molar-refractivity contribution < 1.29 is 5.11 Å². The summed E-state index contributed by atoms with van der Waals surface area (Å²) < 4.78 is 0. The molecule has 2 aromatic rings. The molecule has 0 heterocycles. The van der Waals surface area contributed by atoms with E-state index in [-0.39, 0.29) is 6.10 Å². The highest BCUT2D eigenvalue weighted by atomic mass is 16.3. The Balaban J connectivity index is 1.94. The molecule has 0 bridgehead atoms. The average Bonchev–Trinajstić information content (AvgIpc) is 2.76. The zero-order valence-electron chi connectivity index (χ0n) is 9.97. The van der Waals surface area contributed by atoms with E-state index < -0.39 is 0 Å². The Morgan fingerprint density at radius 2 is 1.82 bits per heavy atom. The highest BCUT2D eigenvalue weighted by molar-refractivity contribution is 5.85. The standard InChI is InChI=1S/C16H18O/c17-16-10-4-8-14(16)11-13-7-3-6-12-5-1-2-9-15(12)13/h1-3,5-7,9,14,16-17H,4,8,10-11H2. The van der Waals surface area contributed by atoms with Crippen LogP contribution in [0.3, 0.4) is 0 Å². The summed E-state index contributed by atoms with van der Waals surface area (Å²) in [7, 11) is 0. The molecule has 1 saturated carbocycles. The summed E-state index contributed by atoms with van der Waals surface area (Å²) in [5.74, 6) is 0.459. The average molecular weight is 226 g/mol. The summed E-state index contributed by atoms with van der Waals surface area (Å²) in [5, 5.41) is 12.6. The summed E-state index contributed by atoms with van der Waals surface area (Å²) in [6.45, 7) is 0. The number of benzene rings is 2. The third kappa shape index (κ3) is 2.07. The number of rotatable bonds is 2. The molecule has 0 amide bonds. The molecule has 0 spiro atoms. The lowest BCUT2D eigenvalue weighted by atomic mass is 9.93. The van der Waals surface area contributed by atoms with Crippen molar-refractivity contribution in [1.82, 2.24) is 0 Å². The molecule has 2 atom stereocenters. The molecule has 1 aliphatic carbocycles. The lowest BCUT2D eigenvalue weighted by molar-refractivity contribution is 0.133. The van der Waals surface area contributed by atoms with Crippen LogP contribution < -0.4 is 0 Å². The van der Waals surface area contributed by atoms with Crippen molar-refractivity contribution in [2.75, 3.05) is 0 Å². The van der Waals surface area contributed by atoms with Gasteiger partial charge in [0, 0.05) is 0 Å². The maximum Gasteiger partial charge on any atom is 0.0571 e. The van der Waals surface area contributed by atoms with Crippen molar-refractivity contribution in [2.45, 2.75) is 31.8 Å². The van der Waals surface area contributed by atoms with E-state index in [0.717, 1.165) is 12.8 Å². The Hall–Kier alpha value is -1.34. The monoisotopic (exact) mass is 226 g/mol. The van der Waals surface area contributed by atoms with Crippen LogP contribution in [0.2, 0.25) is 0 Å². The Morgan fingerprint density at radius 1 is 1.00 bits per heavy atom. The number of aliphatic hydroxyl groups excluding tert-OH is 1. The van der Waals surface area contributed by atoms with Crippen LogP contribution >= 0.6 is 0 Å². The van der Waals surface area contributed by atoms with E-state index in [0.29, 0.717) is 5.92 Å². The highest BCUT2D eigenvalue weighted by Crippen LogP contribution is 2.30. The maximum absolute atomic E-state index is 9.92. The minimum atomic E-state index is -0.0889. The third-order valence-electron chi connectivity index (χ3n) is 3.98. The second kappa shape index (κ2) is 4.50. The van der Waals surface area contributed by atoms with Crippen molar-refractivity contribution in [1.29, 1.82) is 0 Å². The molecule has 2 unspecified atom stereocenters. The quantitative estimate of drug-likeness (QED) is 0.830. The Labute approximate surface area is 102 Å². The van der Waals surface area contributed by atoms with Gasteiger partial charge in [0.05, 0.1) is 6.10 Å². The topological polar surface area (TPSA) is 20.2 Å². The van der Waals surface area contributed by atoms with Crippen LogP contribution in [0.25, 0.3) is 10.8 Å². The SMILES string of the molecule is OC1CCCC1Cc1cccc2ccccc12. The minimum Gasteiger partial charge on any atom is -0.393 e. The van der Waals surface area contributed by atoms with E-state index in [4.69, 9.17) is 0 Å². The predicted molar refractivity (Wildman–Crippen MR) is 71.0 cm³/mol. The van der Waals surface area contributed by atoms with Crippen LogP contribution in [0.5, 0.6) is 0 Å². The van der Waals surface area contributed by atoms with Gasteiger partial charge >= 0.3 is 0 Å². The minimum absolute atomic E-state index is 0.0889. The molecular weight excluding hydrogens is 208 g/mol. The van der Waals surface area contributed by atoms with Gasteiger partial charge < -0.3 is 5.11 Å². The zero-order chi connectivity index (χ0) is 11.7. The number of aliphatic hydroxyl groups is 1. The summed E-state index contributed by atoms with van der Waals surface area (Å²) in [6.07, 6.45) is 4.26. The first-order valence-corrected chi connectivity index (χ1v) is 6.49. The van der Waals surface area contributed by atoms with E-state index in [1.54, 1.807) is 0 Å². The molecular formula is C16H18O. The van der Waals surface area contributed by atoms with Crippen molar-refractivity contribution >= 4 is 10.8 Å². The van der Waals surface area contributed by atoms with Gasteiger partial charge in [0.25, 0.3) is 0 Å². The van der Waals surface area contributed by atoms with Crippen LogP contribution in [-0.2, 0) is 6.42 Å². The Kier molecular flexibility index (Phi) is 2.86. The second-order valence-corrected chi connectivity index (χ2v) is 5.10. The van der Waals surface area contributed by atoms with Crippen LogP contribution in [0.1, 0.15) is 24.8 Å². The van der Waals surface area contributed by atoms with Crippen LogP contribution in [0, 0.1) is 5.92 Å². The fourth-order valence-electron chi connectivity index (χ4n) is 3.01. The van der Waals surface area contributed by atoms with Gasteiger partial charge in [-0.25, -0.2) is 0 Å². The Morgan fingerprint density at radius 3 is 2.65 bits per heavy atom. The van der Waals surface area contributed by atoms with Crippen molar-refractivity contribution in [3.63, 3.8) is 0 Å². The van der Waals surface area contributed by atoms with Gasteiger partial charge in [0.1, 0.15) is 0 Å². The first kappa shape index (κ1) is 10.8. The van der Waals surface area contributed by atoms with E-state index in [1.807, 2.05) is 0 Å². The van der Waals surface area contributed by atoms with E-state index in [2.05, 4.69) is 42.5 Å². The molecule has 1 fully saturated rings. The third-order valence-corrected chi connectivity index (χ3v) is 3.98. The van der Waals surface area contributed by atoms with Crippen LogP contribution in [0.15, 0.2) is 42.5 Å². The lowest BCUT2D eigenvalue weighted by Crippen LogP contribution is -2.15. The summed E-state index contributed by atoms with van der Waals surface area (Å²) in [6, 6.07) is 15.0. The molecule has 1 aliphatic rings. The summed E-state index contributed by atoms with van der Waals surface area (Å²) in [4.78, 5) is 0. The van der Waals surface area contributed by atoms with Crippen molar-refractivity contribution in [3.05, 3.63) is 48.0 Å². The van der Waals surface area contributed by atoms with Crippen LogP contribution in [0.4, 0.5) is 0 Å². The molecule has 1 nitrogen and oxygen atoms in total. The fraction of sp³-hybridized carbons (Fsp3) is 0.375. The molecule has 2 aromatic carbocycles. The van der Waals surface area contributed by atoms with Gasteiger partial charge in [0.2, 0.25) is 0 Å². The highest BCUT2D eigenvalue weighted by Gasteiger charge is 2.25. The first-order valence-electron chi connectivity index (χ1n) is 6.49. The van der Waals surface area contributed by atoms with Crippen molar-refractivity contribution in [3.8, 4) is 0 Å². The van der Waals surface area contributed by atoms with Crippen molar-refractivity contribution in [2.24, 2.45) is 5.92 Å². The van der Waals surface area contributed by atoms with Crippen LogP contribution in [-0.4, -0.2) is 11.2 Å². The molecule has 88 valence electrons. The van der Waals surface area contributed by atoms with E-state index in [1.165, 1.54) is 29.2 Å². The molecule has 3 rings (SSSR count). The number of hydrogen-bond donors (Lipinski definition) is 1. The maximum atomic E-state index is 9.92.